The molecule has 0 N–H and O–H groups in total. The lowest BCUT2D eigenvalue weighted by molar-refractivity contribution is -0.511. The highest BCUT2D eigenvalue weighted by atomic mass is 16.6. The highest BCUT2D eigenvalue weighted by molar-refractivity contribution is 5.71. The third-order valence-electron chi connectivity index (χ3n) is 5.86. The zero-order chi connectivity index (χ0) is 14.5. The van der Waals surface area contributed by atoms with Gasteiger partial charge in [0, 0.05) is 4.92 Å². The Bertz CT molecular complexity index is 466. The fourth-order valence-electron chi connectivity index (χ4n) is 5.20. The monoisotopic (exact) mass is 279 g/mol. The number of esters is 1. The maximum Gasteiger partial charge on any atom is 0.306 e. The number of fused-ring (bicyclic) bond motifs is 1. The summed E-state index contributed by atoms with van der Waals surface area (Å²) in [6.07, 6.45) is 3.26. The molecule has 5 nitrogen and oxygen atoms in total. The predicted molar refractivity (Wildman–Crippen MR) is 72.5 cm³/mol. The maximum atomic E-state index is 11.9. The fraction of sp³-hybridized carbons (Fsp3) is 0.800. The summed E-state index contributed by atoms with van der Waals surface area (Å²) in [6, 6.07) is 0. The van der Waals surface area contributed by atoms with Crippen molar-refractivity contribution < 1.29 is 14.5 Å². The molecule has 3 fully saturated rings. The van der Waals surface area contributed by atoms with Crippen LogP contribution in [-0.2, 0) is 9.53 Å². The summed E-state index contributed by atoms with van der Waals surface area (Å²) in [5, 5.41) is 11.1. The van der Waals surface area contributed by atoms with Gasteiger partial charge in [-0.25, -0.2) is 0 Å². The summed E-state index contributed by atoms with van der Waals surface area (Å²) in [6.45, 7) is 6.20. The lowest BCUT2D eigenvalue weighted by Gasteiger charge is -2.57. The minimum atomic E-state index is -0.478. The van der Waals surface area contributed by atoms with Crippen molar-refractivity contribution in [2.45, 2.75) is 32.6 Å². The van der Waals surface area contributed by atoms with Crippen LogP contribution < -0.4 is 0 Å². The Labute approximate surface area is 118 Å². The van der Waals surface area contributed by atoms with Crippen molar-refractivity contribution in [2.75, 3.05) is 13.2 Å². The Morgan fingerprint density at radius 2 is 2.25 bits per heavy atom. The van der Waals surface area contributed by atoms with E-state index in [1.807, 2.05) is 0 Å². The Balaban J connectivity index is 1.87. The molecule has 110 valence electrons. The zero-order valence-electron chi connectivity index (χ0n) is 11.8. The second-order valence-corrected chi connectivity index (χ2v) is 6.53. The second-order valence-electron chi connectivity index (χ2n) is 6.53. The Hall–Kier alpha value is -1.39. The van der Waals surface area contributed by atoms with Gasteiger partial charge in [0.1, 0.15) is 0 Å². The molecule has 0 saturated heterocycles. The number of nitrogens with zero attached hydrogens (tertiary/aromatic N) is 1. The van der Waals surface area contributed by atoms with E-state index in [0.29, 0.717) is 18.4 Å². The molecule has 3 aliphatic carbocycles. The van der Waals surface area contributed by atoms with Crippen LogP contribution in [0, 0.1) is 39.2 Å². The number of rotatable bonds is 5. The van der Waals surface area contributed by atoms with Gasteiger partial charge in [0.25, 0.3) is 0 Å². The second kappa shape index (κ2) is 4.57. The van der Waals surface area contributed by atoms with Crippen LogP contribution in [0.3, 0.4) is 0 Å². The molecule has 3 saturated carbocycles. The third-order valence-corrected chi connectivity index (χ3v) is 5.86. The number of hydrogen-bond acceptors (Lipinski definition) is 4. The van der Waals surface area contributed by atoms with E-state index in [9.17, 15) is 14.9 Å². The van der Waals surface area contributed by atoms with E-state index in [1.165, 1.54) is 5.57 Å². The molecule has 0 heterocycles. The van der Waals surface area contributed by atoms with E-state index in [2.05, 4.69) is 6.58 Å². The molecule has 0 spiro atoms. The molecular formula is C15H21NO4. The average Bonchev–Trinajstić information content (AvgIpc) is 2.54. The van der Waals surface area contributed by atoms with Gasteiger partial charge >= 0.3 is 5.97 Å². The van der Waals surface area contributed by atoms with Gasteiger partial charge in [-0.15, -0.1) is 0 Å². The van der Waals surface area contributed by atoms with Gasteiger partial charge in [0.2, 0.25) is 6.54 Å². The molecule has 0 aromatic heterocycles. The maximum absolute atomic E-state index is 11.9. The molecule has 3 rings (SSSR count). The molecule has 0 aromatic carbocycles. The molecule has 2 bridgehead atoms. The van der Waals surface area contributed by atoms with Crippen molar-refractivity contribution in [3.63, 3.8) is 0 Å². The topological polar surface area (TPSA) is 69.4 Å². The molecule has 0 aliphatic heterocycles. The first-order valence-electron chi connectivity index (χ1n) is 7.45. The number of allylic oxidation sites excluding steroid dienone is 1. The number of ether oxygens (including phenoxy) is 1. The van der Waals surface area contributed by atoms with E-state index < -0.39 is 5.41 Å². The van der Waals surface area contributed by atoms with Gasteiger partial charge in [-0.1, -0.05) is 12.2 Å². The predicted octanol–water partition coefficient (Wildman–Crippen LogP) is 2.43. The fourth-order valence-corrected chi connectivity index (χ4v) is 5.20. The molecule has 1 unspecified atom stereocenters. The Morgan fingerprint density at radius 3 is 2.90 bits per heavy atom. The van der Waals surface area contributed by atoms with Gasteiger partial charge in [-0.05, 0) is 49.9 Å². The number of carbonyl (C=O) groups excluding carboxylic acids is 1. The molecule has 3 aliphatic rings. The summed E-state index contributed by atoms with van der Waals surface area (Å²) in [7, 11) is 0. The third kappa shape index (κ3) is 1.71. The zero-order valence-corrected chi connectivity index (χ0v) is 11.8. The van der Waals surface area contributed by atoms with Crippen molar-refractivity contribution in [1.29, 1.82) is 0 Å². The minimum Gasteiger partial charge on any atom is -0.466 e. The summed E-state index contributed by atoms with van der Waals surface area (Å²) in [4.78, 5) is 22.8. The summed E-state index contributed by atoms with van der Waals surface area (Å²) in [5.74, 6) is 1.19. The van der Waals surface area contributed by atoms with E-state index in [4.69, 9.17) is 4.74 Å². The molecule has 20 heavy (non-hydrogen) atoms. The van der Waals surface area contributed by atoms with Crippen LogP contribution in [0.15, 0.2) is 12.2 Å². The molecular weight excluding hydrogens is 258 g/mol. The summed E-state index contributed by atoms with van der Waals surface area (Å²) >= 11 is 0. The van der Waals surface area contributed by atoms with Gasteiger partial charge < -0.3 is 4.74 Å². The SMILES string of the molecule is C=C1[C@H]2CC[C@H]3[C@@H]1[C@@H](C2)C3(CC(=O)OCC)C[N+](=O)[O-]. The summed E-state index contributed by atoms with van der Waals surface area (Å²) in [5.41, 5.74) is 0.809. The van der Waals surface area contributed by atoms with Gasteiger partial charge in [-0.3, -0.25) is 14.9 Å². The largest absolute Gasteiger partial charge is 0.466 e. The van der Waals surface area contributed by atoms with Crippen LogP contribution in [0.1, 0.15) is 32.6 Å². The highest BCUT2D eigenvalue weighted by Crippen LogP contribution is 2.72. The van der Waals surface area contributed by atoms with Crippen molar-refractivity contribution in [3.8, 4) is 0 Å². The van der Waals surface area contributed by atoms with Crippen LogP contribution in [0.4, 0.5) is 0 Å². The van der Waals surface area contributed by atoms with E-state index in [0.717, 1.165) is 19.3 Å². The Kier molecular flexibility index (Phi) is 3.10. The standard InChI is InChI=1S/C15H21NO4/c1-3-20-13(17)7-15(8-16(18)19)11-5-4-10-6-12(15)14(11)9(10)2/h10-12,14H,2-8H2,1H3/t10-,11-,12+,14+,15?/m0/s1. The van der Waals surface area contributed by atoms with Gasteiger partial charge in [-0.2, -0.15) is 0 Å². The van der Waals surface area contributed by atoms with Gasteiger partial charge in [0.15, 0.2) is 0 Å². The highest BCUT2D eigenvalue weighted by Gasteiger charge is 2.70. The van der Waals surface area contributed by atoms with Crippen molar-refractivity contribution in [1.82, 2.24) is 0 Å². The lowest BCUT2D eigenvalue weighted by Crippen LogP contribution is -2.59. The van der Waals surface area contributed by atoms with Crippen LogP contribution >= 0.6 is 0 Å². The normalized spacial score (nSPS) is 41.1. The van der Waals surface area contributed by atoms with Crippen molar-refractivity contribution in [3.05, 3.63) is 22.3 Å². The molecule has 0 amide bonds. The number of hydrogen-bond donors (Lipinski definition) is 0. The molecule has 0 radical (unpaired) electrons. The number of nitro groups is 1. The van der Waals surface area contributed by atoms with E-state index in [-0.39, 0.29) is 35.7 Å². The first-order valence-corrected chi connectivity index (χ1v) is 7.45. The van der Waals surface area contributed by atoms with Gasteiger partial charge in [0.05, 0.1) is 18.4 Å². The molecule has 0 aromatic rings. The van der Waals surface area contributed by atoms with E-state index >= 15 is 0 Å². The molecule has 5 atom stereocenters. The van der Waals surface area contributed by atoms with Crippen LogP contribution in [-0.4, -0.2) is 24.0 Å². The quantitative estimate of drug-likeness (QED) is 0.335. The van der Waals surface area contributed by atoms with E-state index in [1.54, 1.807) is 6.92 Å². The smallest absolute Gasteiger partial charge is 0.306 e. The van der Waals surface area contributed by atoms with Crippen LogP contribution in [0.25, 0.3) is 0 Å². The first-order chi connectivity index (χ1) is 9.49. The van der Waals surface area contributed by atoms with Crippen LogP contribution in [0.5, 0.6) is 0 Å². The summed E-state index contributed by atoms with van der Waals surface area (Å²) < 4.78 is 5.05. The van der Waals surface area contributed by atoms with Crippen molar-refractivity contribution >= 4 is 5.97 Å². The first kappa shape index (κ1) is 13.6. The van der Waals surface area contributed by atoms with Crippen molar-refractivity contribution in [2.24, 2.45) is 29.1 Å². The number of carbonyl (C=O) groups is 1. The van der Waals surface area contributed by atoms with Crippen LogP contribution in [0.2, 0.25) is 0 Å². The average molecular weight is 279 g/mol. The minimum absolute atomic E-state index is 0.0996. The molecule has 5 heteroatoms. The Morgan fingerprint density at radius 1 is 1.50 bits per heavy atom. The lowest BCUT2D eigenvalue weighted by atomic mass is 9.44.